The minimum absolute atomic E-state index is 0.0500. The van der Waals surface area contributed by atoms with Crippen molar-refractivity contribution in [1.82, 2.24) is 0 Å². The molecule has 7 heteroatoms. The van der Waals surface area contributed by atoms with E-state index in [1.807, 2.05) is 42.5 Å². The highest BCUT2D eigenvalue weighted by molar-refractivity contribution is 7.87. The van der Waals surface area contributed by atoms with E-state index in [9.17, 15) is 13.0 Å². The zero-order chi connectivity index (χ0) is 18.7. The number of rotatable bonds is 1. The molecule has 4 rings (SSSR count). The molecule has 0 aliphatic heterocycles. The van der Waals surface area contributed by atoms with Crippen LogP contribution in [0, 0.1) is 0 Å². The molecule has 0 amide bonds. The van der Waals surface area contributed by atoms with E-state index < -0.39 is 18.7 Å². The van der Waals surface area contributed by atoms with Crippen LogP contribution in [0.4, 0.5) is 0 Å². The van der Waals surface area contributed by atoms with Gasteiger partial charge in [0.05, 0.1) is 0 Å². The Balaban J connectivity index is 2.13. The summed E-state index contributed by atoms with van der Waals surface area (Å²) in [5, 5.41) is 4.10. The molecular formula is C19H15Cl3O3S. The number of alkyl halides is 3. The van der Waals surface area contributed by atoms with Gasteiger partial charge in [0.1, 0.15) is 0 Å². The highest BCUT2D eigenvalue weighted by atomic mass is 35.6. The molecule has 1 aliphatic carbocycles. The molecule has 1 N–H and O–H groups in total. The monoisotopic (exact) mass is 428 g/mol. The lowest BCUT2D eigenvalue weighted by atomic mass is 9.80. The second kappa shape index (κ2) is 5.98. The molecule has 3 aromatic rings. The van der Waals surface area contributed by atoms with Crippen molar-refractivity contribution in [2.75, 3.05) is 0 Å². The third kappa shape index (κ3) is 2.47. The fourth-order valence-corrected chi connectivity index (χ4v) is 6.79. The summed E-state index contributed by atoms with van der Waals surface area (Å²) in [6, 6.07) is 15.5. The van der Waals surface area contributed by atoms with Crippen LogP contribution in [0.5, 0.6) is 0 Å². The second-order valence-electron chi connectivity index (χ2n) is 6.63. The summed E-state index contributed by atoms with van der Waals surface area (Å²) in [7, 11) is -4.67. The van der Waals surface area contributed by atoms with Crippen molar-refractivity contribution in [2.45, 2.75) is 27.8 Å². The number of aryl methyl sites for hydroxylation is 1. The van der Waals surface area contributed by atoms with Crippen LogP contribution in [0.1, 0.15) is 24.0 Å². The third-order valence-corrected chi connectivity index (χ3v) is 8.24. The molecule has 136 valence electrons. The quantitative estimate of drug-likeness (QED) is 0.303. The van der Waals surface area contributed by atoms with Crippen molar-refractivity contribution >= 4 is 66.5 Å². The minimum atomic E-state index is -4.67. The maximum Gasteiger partial charge on any atom is 0.279 e. The van der Waals surface area contributed by atoms with Crippen molar-refractivity contribution < 1.29 is 13.0 Å². The third-order valence-electron chi connectivity index (χ3n) is 5.33. The number of fused-ring (bicyclic) bond motifs is 5. The first-order valence-electron chi connectivity index (χ1n) is 8.14. The number of hydrogen-bond acceptors (Lipinski definition) is 2. The van der Waals surface area contributed by atoms with Gasteiger partial charge in [0, 0.05) is 0 Å². The zero-order valence-electron chi connectivity index (χ0n) is 13.5. The van der Waals surface area contributed by atoms with Gasteiger partial charge < -0.3 is 0 Å². The molecule has 3 nitrogen and oxygen atoms in total. The molecule has 0 aromatic heterocycles. The van der Waals surface area contributed by atoms with Crippen LogP contribution in [-0.4, -0.2) is 16.8 Å². The molecule has 0 saturated heterocycles. The van der Waals surface area contributed by atoms with Gasteiger partial charge in [-0.25, -0.2) is 0 Å². The van der Waals surface area contributed by atoms with E-state index >= 15 is 0 Å². The fourth-order valence-electron chi connectivity index (χ4n) is 4.16. The van der Waals surface area contributed by atoms with Crippen LogP contribution in [0.25, 0.3) is 21.5 Å². The van der Waals surface area contributed by atoms with Gasteiger partial charge in [0.25, 0.3) is 10.1 Å². The molecule has 1 unspecified atom stereocenters. The lowest BCUT2D eigenvalue weighted by molar-refractivity contribution is 0.396. The largest absolute Gasteiger partial charge is 0.285 e. The van der Waals surface area contributed by atoms with Gasteiger partial charge in [-0.2, -0.15) is 8.42 Å². The molecule has 3 aromatic carbocycles. The molecule has 0 heterocycles. The van der Waals surface area contributed by atoms with E-state index in [4.69, 9.17) is 34.8 Å². The van der Waals surface area contributed by atoms with Crippen molar-refractivity contribution in [3.8, 4) is 0 Å². The summed E-state index contributed by atoms with van der Waals surface area (Å²) >= 11 is 18.4. The number of hydrogen-bond donors (Lipinski definition) is 1. The van der Waals surface area contributed by atoms with Gasteiger partial charge in [0.2, 0.25) is 3.79 Å². The van der Waals surface area contributed by atoms with Crippen LogP contribution in [0.2, 0.25) is 0 Å². The van der Waals surface area contributed by atoms with E-state index in [2.05, 4.69) is 0 Å². The van der Waals surface area contributed by atoms with Gasteiger partial charge in [-0.1, -0.05) is 83.3 Å². The Morgan fingerprint density at radius 1 is 0.923 bits per heavy atom. The SMILES string of the molecule is O=S(=O)(O)C1(C(Cl)(Cl)Cl)CCCc2c1ccc1c2ccc2ccccc21. The van der Waals surface area contributed by atoms with Crippen molar-refractivity contribution in [1.29, 1.82) is 0 Å². The van der Waals surface area contributed by atoms with Crippen LogP contribution in [-0.2, 0) is 21.3 Å². The topological polar surface area (TPSA) is 54.4 Å². The first kappa shape index (κ1) is 18.3. The van der Waals surface area contributed by atoms with Crippen molar-refractivity contribution in [2.24, 2.45) is 0 Å². The minimum Gasteiger partial charge on any atom is -0.285 e. The first-order chi connectivity index (χ1) is 12.2. The first-order valence-corrected chi connectivity index (χ1v) is 10.7. The lowest BCUT2D eigenvalue weighted by Crippen LogP contribution is -2.49. The Hall–Kier alpha value is -1.04. The van der Waals surface area contributed by atoms with Gasteiger partial charge in [0.15, 0.2) is 4.75 Å². The van der Waals surface area contributed by atoms with Crippen LogP contribution in [0.3, 0.4) is 0 Å². The van der Waals surface area contributed by atoms with E-state index in [1.54, 1.807) is 6.07 Å². The van der Waals surface area contributed by atoms with Gasteiger partial charge in [-0.05, 0) is 51.9 Å². The summed E-state index contributed by atoms with van der Waals surface area (Å²) in [6.07, 6.45) is 1.20. The van der Waals surface area contributed by atoms with Crippen molar-refractivity contribution in [3.05, 3.63) is 59.7 Å². The summed E-state index contributed by atoms with van der Waals surface area (Å²) in [6.45, 7) is 0. The Morgan fingerprint density at radius 2 is 1.62 bits per heavy atom. The summed E-state index contributed by atoms with van der Waals surface area (Å²) in [5.74, 6) is 0. The smallest absolute Gasteiger partial charge is 0.279 e. The maximum absolute atomic E-state index is 12.4. The highest BCUT2D eigenvalue weighted by Crippen LogP contribution is 2.56. The van der Waals surface area contributed by atoms with E-state index in [1.165, 1.54) is 0 Å². The standard InChI is InChI=1S/C19H15Cl3O3S/c20-19(21,22)18(26(23,24)25)11-3-6-16-15-8-7-12-4-1-2-5-13(12)14(15)9-10-17(16)18/h1-2,4-5,7-10H,3,6,11H2,(H,23,24,25). The van der Waals surface area contributed by atoms with Gasteiger partial charge in [-0.3, -0.25) is 4.55 Å². The van der Waals surface area contributed by atoms with Gasteiger partial charge in [-0.15, -0.1) is 0 Å². The molecular weight excluding hydrogens is 415 g/mol. The number of halogens is 3. The molecule has 1 atom stereocenters. The number of benzene rings is 3. The maximum atomic E-state index is 12.4. The second-order valence-corrected chi connectivity index (χ2v) is 10.6. The molecule has 0 spiro atoms. The van der Waals surface area contributed by atoms with Crippen LogP contribution in [0.15, 0.2) is 48.5 Å². The average molecular weight is 430 g/mol. The van der Waals surface area contributed by atoms with Crippen LogP contribution < -0.4 is 0 Å². The molecule has 0 fully saturated rings. The summed E-state index contributed by atoms with van der Waals surface area (Å²) in [5.41, 5.74) is 1.18. The molecule has 0 saturated carbocycles. The predicted octanol–water partition coefficient (Wildman–Crippen LogP) is 5.78. The predicted molar refractivity (Wildman–Crippen MR) is 108 cm³/mol. The zero-order valence-corrected chi connectivity index (χ0v) is 16.6. The Kier molecular flexibility index (Phi) is 4.22. The fraction of sp³-hybridized carbons (Fsp3) is 0.263. The Morgan fingerprint density at radius 3 is 2.31 bits per heavy atom. The Bertz CT molecular complexity index is 1140. The molecule has 0 bridgehead atoms. The summed E-state index contributed by atoms with van der Waals surface area (Å²) in [4.78, 5) is 0. The molecule has 26 heavy (non-hydrogen) atoms. The van der Waals surface area contributed by atoms with Gasteiger partial charge >= 0.3 is 0 Å². The van der Waals surface area contributed by atoms with E-state index in [-0.39, 0.29) is 6.42 Å². The summed E-state index contributed by atoms with van der Waals surface area (Å²) < 4.78 is 30.6. The molecule has 1 aliphatic rings. The van der Waals surface area contributed by atoms with E-state index in [0.717, 1.165) is 27.1 Å². The normalized spacial score (nSPS) is 21.1. The Labute approximate surface area is 166 Å². The highest BCUT2D eigenvalue weighted by Gasteiger charge is 2.60. The molecule has 0 radical (unpaired) electrons. The average Bonchev–Trinajstić information content (AvgIpc) is 2.58. The van der Waals surface area contributed by atoms with Crippen LogP contribution >= 0.6 is 34.8 Å². The van der Waals surface area contributed by atoms with E-state index in [0.29, 0.717) is 18.4 Å². The van der Waals surface area contributed by atoms with Crippen molar-refractivity contribution in [3.63, 3.8) is 0 Å². The lowest BCUT2D eigenvalue weighted by Gasteiger charge is -2.41.